The molecule has 10 heteroatoms. The fourth-order valence-electron chi connectivity index (χ4n) is 4.32. The number of anilines is 3. The van der Waals surface area contributed by atoms with Crippen LogP contribution in [0.2, 0.25) is 0 Å². The summed E-state index contributed by atoms with van der Waals surface area (Å²) in [7, 11) is 4.02. The fraction of sp³-hybridized carbons (Fsp3) is 0.444. The van der Waals surface area contributed by atoms with E-state index < -0.39 is 0 Å². The Morgan fingerprint density at radius 3 is 2.46 bits per heavy atom. The summed E-state index contributed by atoms with van der Waals surface area (Å²) in [6, 6.07) is 13.9. The minimum absolute atomic E-state index is 0.00174. The molecule has 0 unspecified atom stereocenters. The third kappa shape index (κ3) is 7.17. The second-order valence-corrected chi connectivity index (χ2v) is 10.7. The number of aryl methyl sites for hydroxylation is 2. The van der Waals surface area contributed by atoms with Crippen LogP contribution in [-0.4, -0.2) is 67.4 Å². The lowest BCUT2D eigenvalue weighted by Gasteiger charge is -2.37. The van der Waals surface area contributed by atoms with Crippen molar-refractivity contribution in [3.05, 3.63) is 75.2 Å². The lowest BCUT2D eigenvalue weighted by molar-refractivity contribution is -0.384. The number of nitro groups is 1. The van der Waals surface area contributed by atoms with Crippen LogP contribution in [-0.2, 0) is 12.3 Å². The van der Waals surface area contributed by atoms with E-state index >= 15 is 0 Å². The van der Waals surface area contributed by atoms with Gasteiger partial charge in [-0.1, -0.05) is 6.07 Å². The molecule has 1 aliphatic heterocycles. The predicted octanol–water partition coefficient (Wildman–Crippen LogP) is 4.93. The first-order valence-electron chi connectivity index (χ1n) is 12.6. The van der Waals surface area contributed by atoms with Gasteiger partial charge in [0.05, 0.1) is 17.2 Å². The van der Waals surface area contributed by atoms with Crippen molar-refractivity contribution in [2.45, 2.75) is 26.1 Å². The van der Waals surface area contributed by atoms with Crippen molar-refractivity contribution in [2.75, 3.05) is 67.7 Å². The molecule has 1 aromatic carbocycles. The van der Waals surface area contributed by atoms with Crippen LogP contribution in [0.4, 0.5) is 23.0 Å². The van der Waals surface area contributed by atoms with Gasteiger partial charge < -0.3 is 24.4 Å². The minimum atomic E-state index is -0.376. The van der Waals surface area contributed by atoms with E-state index in [1.54, 1.807) is 23.9 Å². The molecule has 9 nitrogen and oxygen atoms in total. The topological polar surface area (TPSA) is 90.9 Å². The summed E-state index contributed by atoms with van der Waals surface area (Å²) in [6.45, 7) is 9.00. The Hall–Kier alpha value is -3.24. The number of piperazine rings is 1. The summed E-state index contributed by atoms with van der Waals surface area (Å²) in [5.74, 6) is 4.52. The van der Waals surface area contributed by atoms with Gasteiger partial charge in [0, 0.05) is 50.2 Å². The van der Waals surface area contributed by atoms with Crippen LogP contribution < -0.4 is 15.1 Å². The van der Waals surface area contributed by atoms with E-state index in [4.69, 9.17) is 4.42 Å². The highest BCUT2D eigenvalue weighted by atomic mass is 32.2. The maximum Gasteiger partial charge on any atom is 0.311 e. The zero-order valence-electron chi connectivity index (χ0n) is 22.1. The van der Waals surface area contributed by atoms with Crippen molar-refractivity contribution in [1.82, 2.24) is 9.88 Å². The van der Waals surface area contributed by atoms with Gasteiger partial charge >= 0.3 is 5.69 Å². The van der Waals surface area contributed by atoms with Crippen LogP contribution in [0.5, 0.6) is 0 Å². The second kappa shape index (κ2) is 12.3. The molecule has 1 fully saturated rings. The maximum atomic E-state index is 11.6. The predicted molar refractivity (Wildman–Crippen MR) is 152 cm³/mol. The van der Waals surface area contributed by atoms with Gasteiger partial charge in [0.25, 0.3) is 0 Å². The SMILES string of the molecule is Cc1ccc(N2CCN(c3ccc([N+](=O)[O-])c(NCCSCc4ccc(CN(C)C)o4)n3)CC2)cc1C. The number of benzene rings is 1. The summed E-state index contributed by atoms with van der Waals surface area (Å²) in [5, 5.41) is 14.8. The number of hydrogen-bond acceptors (Lipinski definition) is 9. The Kier molecular flexibility index (Phi) is 8.94. The van der Waals surface area contributed by atoms with Crippen molar-refractivity contribution >= 4 is 34.8 Å². The zero-order chi connectivity index (χ0) is 26.4. The van der Waals surface area contributed by atoms with Crippen molar-refractivity contribution in [1.29, 1.82) is 0 Å². The number of rotatable bonds is 11. The smallest absolute Gasteiger partial charge is 0.311 e. The normalized spacial score (nSPS) is 13.9. The Morgan fingerprint density at radius 1 is 1.03 bits per heavy atom. The van der Waals surface area contributed by atoms with Gasteiger partial charge in [0.2, 0.25) is 5.82 Å². The Bertz CT molecular complexity index is 1210. The highest BCUT2D eigenvalue weighted by Gasteiger charge is 2.22. The second-order valence-electron chi connectivity index (χ2n) is 9.62. The molecule has 0 bridgehead atoms. The van der Waals surface area contributed by atoms with E-state index in [1.165, 1.54) is 16.8 Å². The molecule has 0 saturated carbocycles. The van der Waals surface area contributed by atoms with E-state index in [9.17, 15) is 10.1 Å². The van der Waals surface area contributed by atoms with Crippen LogP contribution in [0.1, 0.15) is 22.6 Å². The zero-order valence-corrected chi connectivity index (χ0v) is 22.9. The summed E-state index contributed by atoms with van der Waals surface area (Å²) >= 11 is 1.72. The monoisotopic (exact) mass is 524 g/mol. The Labute approximate surface area is 223 Å². The molecule has 1 aliphatic rings. The number of nitrogens with zero attached hydrogens (tertiary/aromatic N) is 5. The van der Waals surface area contributed by atoms with E-state index in [0.717, 1.165) is 61.6 Å². The van der Waals surface area contributed by atoms with Gasteiger partial charge in [-0.05, 0) is 69.4 Å². The number of pyridine rings is 1. The highest BCUT2D eigenvalue weighted by molar-refractivity contribution is 7.98. The van der Waals surface area contributed by atoms with Gasteiger partial charge in [-0.25, -0.2) is 4.98 Å². The molecule has 37 heavy (non-hydrogen) atoms. The first-order chi connectivity index (χ1) is 17.8. The molecule has 198 valence electrons. The van der Waals surface area contributed by atoms with E-state index in [2.05, 4.69) is 57.0 Å². The van der Waals surface area contributed by atoms with E-state index in [1.807, 2.05) is 26.2 Å². The molecule has 0 radical (unpaired) electrons. The third-order valence-electron chi connectivity index (χ3n) is 6.49. The number of aromatic nitrogens is 1. The number of furan rings is 1. The largest absolute Gasteiger partial charge is 0.464 e. The molecule has 4 rings (SSSR count). The molecule has 0 spiro atoms. The Balaban J connectivity index is 1.30. The highest BCUT2D eigenvalue weighted by Crippen LogP contribution is 2.28. The molecule has 3 heterocycles. The van der Waals surface area contributed by atoms with Gasteiger partial charge in [-0.2, -0.15) is 11.8 Å². The summed E-state index contributed by atoms with van der Waals surface area (Å²) in [5.41, 5.74) is 3.83. The molecule has 1 saturated heterocycles. The average molecular weight is 525 g/mol. The molecule has 3 aromatic rings. The lowest BCUT2D eigenvalue weighted by Crippen LogP contribution is -2.46. The van der Waals surface area contributed by atoms with Crippen molar-refractivity contribution in [2.24, 2.45) is 0 Å². The fourth-order valence-corrected chi connectivity index (χ4v) is 5.07. The standard InChI is InChI=1S/C27H36N6O3S/c1-20-5-6-22(17-21(20)2)31-12-14-32(15-13-31)26-10-9-25(33(34)35)27(29-26)28-11-16-37-19-24-8-7-23(36-24)18-30(3)4/h5-10,17H,11-16,18-19H2,1-4H3,(H,28,29). The lowest BCUT2D eigenvalue weighted by atomic mass is 10.1. The van der Waals surface area contributed by atoms with Crippen molar-refractivity contribution < 1.29 is 9.34 Å². The van der Waals surface area contributed by atoms with E-state index in [0.29, 0.717) is 12.4 Å². The third-order valence-corrected chi connectivity index (χ3v) is 7.47. The van der Waals surface area contributed by atoms with Gasteiger partial charge in [-0.3, -0.25) is 10.1 Å². The number of nitrogens with one attached hydrogen (secondary N) is 1. The average Bonchev–Trinajstić information content (AvgIpc) is 3.31. The molecular formula is C27H36N6O3S. The molecule has 1 N–H and O–H groups in total. The summed E-state index contributed by atoms with van der Waals surface area (Å²) < 4.78 is 5.85. The maximum absolute atomic E-state index is 11.6. The van der Waals surface area contributed by atoms with Crippen LogP contribution in [0.3, 0.4) is 0 Å². The minimum Gasteiger partial charge on any atom is -0.464 e. The first-order valence-corrected chi connectivity index (χ1v) is 13.7. The number of hydrogen-bond donors (Lipinski definition) is 1. The van der Waals surface area contributed by atoms with Crippen LogP contribution in [0.25, 0.3) is 0 Å². The molecule has 0 aliphatic carbocycles. The molecule has 0 atom stereocenters. The van der Waals surface area contributed by atoms with Gasteiger partial charge in [-0.15, -0.1) is 0 Å². The Morgan fingerprint density at radius 2 is 1.76 bits per heavy atom. The molecular weight excluding hydrogens is 488 g/mol. The van der Waals surface area contributed by atoms with Gasteiger partial charge in [0.1, 0.15) is 17.3 Å². The first kappa shape index (κ1) is 26.8. The van der Waals surface area contributed by atoms with E-state index in [-0.39, 0.29) is 10.6 Å². The molecule has 0 amide bonds. The quantitative estimate of drug-likeness (QED) is 0.213. The van der Waals surface area contributed by atoms with Crippen LogP contribution in [0.15, 0.2) is 46.9 Å². The van der Waals surface area contributed by atoms with Gasteiger partial charge in [0.15, 0.2) is 0 Å². The van der Waals surface area contributed by atoms with Crippen molar-refractivity contribution in [3.8, 4) is 0 Å². The summed E-state index contributed by atoms with van der Waals surface area (Å²) in [6.07, 6.45) is 0. The number of thioether (sulfide) groups is 1. The van der Waals surface area contributed by atoms with Crippen molar-refractivity contribution in [3.63, 3.8) is 0 Å². The van der Waals surface area contributed by atoms with Crippen LogP contribution >= 0.6 is 11.8 Å². The molecule has 2 aromatic heterocycles. The van der Waals surface area contributed by atoms with Crippen LogP contribution in [0, 0.1) is 24.0 Å². The summed E-state index contributed by atoms with van der Waals surface area (Å²) in [4.78, 5) is 22.5.